The van der Waals surface area contributed by atoms with Crippen molar-refractivity contribution < 1.29 is 9.84 Å². The Bertz CT molecular complexity index is 1100. The molecule has 0 amide bonds. The van der Waals surface area contributed by atoms with Gasteiger partial charge in [-0.05, 0) is 58.7 Å². The molecule has 30 heavy (non-hydrogen) atoms. The Morgan fingerprint density at radius 3 is 1.83 bits per heavy atom. The van der Waals surface area contributed by atoms with Crippen molar-refractivity contribution in [2.45, 2.75) is 65.4 Å². The van der Waals surface area contributed by atoms with Crippen molar-refractivity contribution in [2.24, 2.45) is 0 Å². The van der Waals surface area contributed by atoms with E-state index in [1.54, 1.807) is 0 Å². The summed E-state index contributed by atoms with van der Waals surface area (Å²) in [5.74, 6) is 1.21. The molecule has 0 spiro atoms. The standard InChI is InChI=1S/C28H32O2/c1-17-21-13-19(27(2,3)4)16-24(26(21)30-17)23-15-20(28(5,6)7)14-22(25(23)29)18-11-9-8-10-12-18/h8-17,29H,1-7H3. The molecule has 0 aliphatic carbocycles. The number of hydrogen-bond acceptors (Lipinski definition) is 2. The summed E-state index contributed by atoms with van der Waals surface area (Å²) in [6.07, 6.45) is 0.0857. The monoisotopic (exact) mass is 400 g/mol. The number of aromatic hydroxyl groups is 1. The van der Waals surface area contributed by atoms with Crippen LogP contribution in [0, 0.1) is 0 Å². The molecule has 1 heterocycles. The Hall–Kier alpha value is -2.74. The quantitative estimate of drug-likeness (QED) is 0.476. The lowest BCUT2D eigenvalue weighted by molar-refractivity contribution is 0.166. The normalized spacial score (nSPS) is 15.9. The third kappa shape index (κ3) is 3.49. The molecule has 0 radical (unpaired) electrons. The molecule has 156 valence electrons. The highest BCUT2D eigenvalue weighted by Crippen LogP contribution is 2.52. The van der Waals surface area contributed by atoms with Gasteiger partial charge in [-0.1, -0.05) is 71.9 Å². The van der Waals surface area contributed by atoms with Crippen molar-refractivity contribution in [3.63, 3.8) is 0 Å². The van der Waals surface area contributed by atoms with Gasteiger partial charge in [0.25, 0.3) is 0 Å². The molecule has 0 saturated heterocycles. The lowest BCUT2D eigenvalue weighted by Gasteiger charge is -2.34. The van der Waals surface area contributed by atoms with Gasteiger partial charge in [0.2, 0.25) is 0 Å². The summed E-state index contributed by atoms with van der Waals surface area (Å²) in [6, 6.07) is 18.8. The largest absolute Gasteiger partial charge is 0.507 e. The van der Waals surface area contributed by atoms with Gasteiger partial charge in [-0.25, -0.2) is 0 Å². The van der Waals surface area contributed by atoms with Gasteiger partial charge in [0.1, 0.15) is 17.6 Å². The number of hydrogen-bond donors (Lipinski definition) is 1. The van der Waals surface area contributed by atoms with Crippen LogP contribution in [0.3, 0.4) is 0 Å². The van der Waals surface area contributed by atoms with Crippen LogP contribution in [-0.2, 0) is 10.8 Å². The molecule has 1 N–H and O–H groups in total. The van der Waals surface area contributed by atoms with E-state index >= 15 is 0 Å². The molecule has 2 nitrogen and oxygen atoms in total. The maximum Gasteiger partial charge on any atom is 0.135 e. The van der Waals surface area contributed by atoms with E-state index in [2.05, 4.69) is 72.7 Å². The lowest BCUT2D eigenvalue weighted by Crippen LogP contribution is -2.20. The highest BCUT2D eigenvalue weighted by Gasteiger charge is 2.32. The third-order valence-electron chi connectivity index (χ3n) is 6.07. The first kappa shape index (κ1) is 20.5. The smallest absolute Gasteiger partial charge is 0.135 e. The van der Waals surface area contributed by atoms with Gasteiger partial charge < -0.3 is 9.84 Å². The summed E-state index contributed by atoms with van der Waals surface area (Å²) in [7, 11) is 0. The van der Waals surface area contributed by atoms with Crippen LogP contribution in [0.15, 0.2) is 54.6 Å². The molecule has 1 atom stereocenters. The number of phenolic OH excluding ortho intramolecular Hbond substituents is 1. The zero-order valence-electron chi connectivity index (χ0n) is 19.1. The Labute approximate surface area is 180 Å². The van der Waals surface area contributed by atoms with E-state index < -0.39 is 0 Å². The average molecular weight is 401 g/mol. The molecular weight excluding hydrogens is 368 g/mol. The molecule has 1 aliphatic heterocycles. The second-order valence-corrected chi connectivity index (χ2v) is 10.5. The van der Waals surface area contributed by atoms with E-state index in [0.717, 1.165) is 28.0 Å². The fourth-order valence-electron chi connectivity index (χ4n) is 4.01. The van der Waals surface area contributed by atoms with Crippen LogP contribution in [0.2, 0.25) is 0 Å². The second-order valence-electron chi connectivity index (χ2n) is 10.5. The maximum absolute atomic E-state index is 11.4. The fourth-order valence-corrected chi connectivity index (χ4v) is 4.01. The van der Waals surface area contributed by atoms with Crippen molar-refractivity contribution in [2.75, 3.05) is 0 Å². The summed E-state index contributed by atoms with van der Waals surface area (Å²) < 4.78 is 6.05. The minimum absolute atomic E-state index is 0.0125. The first-order valence-corrected chi connectivity index (χ1v) is 10.7. The van der Waals surface area contributed by atoms with Crippen LogP contribution in [-0.4, -0.2) is 5.11 Å². The van der Waals surface area contributed by atoms with Gasteiger partial charge in [0.15, 0.2) is 0 Å². The number of benzene rings is 3. The van der Waals surface area contributed by atoms with Gasteiger partial charge in [0, 0.05) is 22.3 Å². The van der Waals surface area contributed by atoms with Crippen molar-refractivity contribution >= 4 is 0 Å². The minimum atomic E-state index is -0.0467. The number of fused-ring (bicyclic) bond motifs is 1. The Morgan fingerprint density at radius 2 is 1.27 bits per heavy atom. The fraction of sp³-hybridized carbons (Fsp3) is 0.357. The Balaban J connectivity index is 2.03. The van der Waals surface area contributed by atoms with Crippen LogP contribution >= 0.6 is 0 Å². The zero-order valence-corrected chi connectivity index (χ0v) is 19.1. The molecule has 4 rings (SSSR count). The van der Waals surface area contributed by atoms with Gasteiger partial charge in [-0.3, -0.25) is 0 Å². The van der Waals surface area contributed by atoms with E-state index in [-0.39, 0.29) is 16.9 Å². The lowest BCUT2D eigenvalue weighted by atomic mass is 9.79. The van der Waals surface area contributed by atoms with Crippen molar-refractivity contribution in [1.82, 2.24) is 0 Å². The van der Waals surface area contributed by atoms with E-state index in [1.165, 1.54) is 16.7 Å². The molecule has 0 saturated carbocycles. The van der Waals surface area contributed by atoms with Crippen LogP contribution in [0.1, 0.15) is 71.3 Å². The molecule has 1 aliphatic rings. The van der Waals surface area contributed by atoms with E-state index in [4.69, 9.17) is 4.74 Å². The highest BCUT2D eigenvalue weighted by atomic mass is 16.5. The summed E-state index contributed by atoms with van der Waals surface area (Å²) in [4.78, 5) is 0. The predicted molar refractivity (Wildman–Crippen MR) is 125 cm³/mol. The van der Waals surface area contributed by atoms with Crippen molar-refractivity contribution in [1.29, 1.82) is 0 Å². The summed E-state index contributed by atoms with van der Waals surface area (Å²) >= 11 is 0. The molecular formula is C28H32O2. The minimum Gasteiger partial charge on any atom is -0.507 e. The van der Waals surface area contributed by atoms with Crippen LogP contribution in [0.25, 0.3) is 22.3 Å². The van der Waals surface area contributed by atoms with Crippen LogP contribution in [0.4, 0.5) is 0 Å². The second kappa shape index (κ2) is 6.91. The predicted octanol–water partition coefficient (Wildman–Crippen LogP) is 7.77. The van der Waals surface area contributed by atoms with Gasteiger partial charge in [-0.2, -0.15) is 0 Å². The third-order valence-corrected chi connectivity index (χ3v) is 6.07. The molecule has 0 aromatic heterocycles. The molecule has 3 aromatic carbocycles. The van der Waals surface area contributed by atoms with Gasteiger partial charge >= 0.3 is 0 Å². The molecule has 3 aromatic rings. The van der Waals surface area contributed by atoms with Gasteiger partial charge in [0.05, 0.1) is 0 Å². The number of ether oxygens (including phenoxy) is 1. The molecule has 0 bridgehead atoms. The first-order valence-electron chi connectivity index (χ1n) is 10.7. The zero-order chi connectivity index (χ0) is 21.8. The van der Waals surface area contributed by atoms with Gasteiger partial charge in [-0.15, -0.1) is 0 Å². The average Bonchev–Trinajstić information content (AvgIpc) is 2.66. The summed E-state index contributed by atoms with van der Waals surface area (Å²) in [5, 5.41) is 11.4. The van der Waals surface area contributed by atoms with Crippen molar-refractivity contribution in [3.8, 4) is 33.8 Å². The topological polar surface area (TPSA) is 29.5 Å². The summed E-state index contributed by atoms with van der Waals surface area (Å²) in [5.41, 5.74) is 7.34. The SMILES string of the molecule is CC1Oc2c(-c3cc(C(C)(C)C)cc(-c4ccccc4)c3O)cc(C(C)(C)C)cc21. The highest BCUT2D eigenvalue weighted by molar-refractivity contribution is 5.87. The maximum atomic E-state index is 11.4. The van der Waals surface area contributed by atoms with E-state index in [1.807, 2.05) is 30.3 Å². The molecule has 2 heteroatoms. The number of rotatable bonds is 2. The summed E-state index contributed by atoms with van der Waals surface area (Å²) in [6.45, 7) is 15.4. The number of phenols is 1. The van der Waals surface area contributed by atoms with Crippen LogP contribution < -0.4 is 4.74 Å². The Morgan fingerprint density at radius 1 is 0.733 bits per heavy atom. The molecule has 0 fully saturated rings. The van der Waals surface area contributed by atoms with Crippen LogP contribution in [0.5, 0.6) is 11.5 Å². The molecule has 1 unspecified atom stereocenters. The van der Waals surface area contributed by atoms with E-state index in [0.29, 0.717) is 5.75 Å². The van der Waals surface area contributed by atoms with E-state index in [9.17, 15) is 5.11 Å². The Kier molecular flexibility index (Phi) is 4.73. The van der Waals surface area contributed by atoms with Crippen molar-refractivity contribution in [3.05, 3.63) is 71.3 Å². The first-order chi connectivity index (χ1) is 14.0.